The Morgan fingerprint density at radius 3 is 2.21 bits per heavy atom. The summed E-state index contributed by atoms with van der Waals surface area (Å²) >= 11 is 0. The van der Waals surface area contributed by atoms with Crippen LogP contribution in [-0.2, 0) is 10.0 Å². The molecule has 19 heavy (non-hydrogen) atoms. The summed E-state index contributed by atoms with van der Waals surface area (Å²) in [6, 6.07) is 7.88. The van der Waals surface area contributed by atoms with Crippen molar-refractivity contribution in [2.75, 3.05) is 13.1 Å². The van der Waals surface area contributed by atoms with Gasteiger partial charge in [0.05, 0.1) is 16.5 Å². The van der Waals surface area contributed by atoms with Gasteiger partial charge in [-0.25, -0.2) is 8.42 Å². The molecule has 0 spiro atoms. The Bertz CT molecular complexity index is 579. The molecule has 0 amide bonds. The summed E-state index contributed by atoms with van der Waals surface area (Å²) < 4.78 is 26.8. The van der Waals surface area contributed by atoms with Crippen molar-refractivity contribution < 1.29 is 8.42 Å². The Labute approximate surface area is 113 Å². The summed E-state index contributed by atoms with van der Waals surface area (Å²) in [6.45, 7) is 5.09. The van der Waals surface area contributed by atoms with E-state index in [1.54, 1.807) is 4.31 Å². The largest absolute Gasteiger partial charge is 0.314 e. The van der Waals surface area contributed by atoms with E-state index in [1.165, 1.54) is 24.3 Å². The molecular weight excluding hydrogens is 262 g/mol. The van der Waals surface area contributed by atoms with Gasteiger partial charge in [0.15, 0.2) is 0 Å². The van der Waals surface area contributed by atoms with Gasteiger partial charge in [-0.05, 0) is 38.1 Å². The number of hydrogen-bond donors (Lipinski definition) is 1. The highest BCUT2D eigenvalue weighted by atomic mass is 32.2. The van der Waals surface area contributed by atoms with Crippen LogP contribution in [0.1, 0.15) is 19.4 Å². The van der Waals surface area contributed by atoms with Crippen molar-refractivity contribution in [1.82, 2.24) is 9.62 Å². The fourth-order valence-electron chi connectivity index (χ4n) is 2.41. The summed E-state index contributed by atoms with van der Waals surface area (Å²) in [5.74, 6) is 0. The third-order valence-corrected chi connectivity index (χ3v) is 5.45. The van der Waals surface area contributed by atoms with Crippen molar-refractivity contribution in [1.29, 1.82) is 5.26 Å². The first-order valence-electron chi connectivity index (χ1n) is 6.21. The molecule has 1 aliphatic heterocycles. The van der Waals surface area contributed by atoms with E-state index in [1.807, 2.05) is 19.9 Å². The van der Waals surface area contributed by atoms with Gasteiger partial charge in [-0.15, -0.1) is 0 Å². The second-order valence-electron chi connectivity index (χ2n) is 4.83. The molecule has 0 aliphatic carbocycles. The Hall–Kier alpha value is -1.42. The monoisotopic (exact) mass is 279 g/mol. The lowest BCUT2D eigenvalue weighted by Gasteiger charge is -2.38. The zero-order valence-corrected chi connectivity index (χ0v) is 11.8. The number of sulfonamides is 1. The Kier molecular flexibility index (Phi) is 3.90. The number of hydrogen-bond acceptors (Lipinski definition) is 4. The molecule has 5 nitrogen and oxygen atoms in total. The van der Waals surface area contributed by atoms with E-state index in [0.29, 0.717) is 18.7 Å². The minimum Gasteiger partial charge on any atom is -0.314 e. The van der Waals surface area contributed by atoms with Crippen LogP contribution in [0.15, 0.2) is 29.2 Å². The first-order valence-corrected chi connectivity index (χ1v) is 7.65. The van der Waals surface area contributed by atoms with Crippen LogP contribution in [-0.4, -0.2) is 37.9 Å². The lowest BCUT2D eigenvalue weighted by atomic mass is 10.2. The van der Waals surface area contributed by atoms with Crippen molar-refractivity contribution >= 4 is 10.0 Å². The molecule has 1 heterocycles. The fraction of sp³-hybridized carbons (Fsp3) is 0.462. The topological polar surface area (TPSA) is 73.2 Å². The van der Waals surface area contributed by atoms with Crippen molar-refractivity contribution in [3.8, 4) is 6.07 Å². The highest BCUT2D eigenvalue weighted by molar-refractivity contribution is 7.89. The average molecular weight is 279 g/mol. The molecule has 2 atom stereocenters. The first-order chi connectivity index (χ1) is 8.96. The maximum Gasteiger partial charge on any atom is 0.243 e. The second kappa shape index (κ2) is 5.29. The SMILES string of the molecule is CC1CNCC(C)N1S(=O)(=O)c1ccc(C#N)cc1. The van der Waals surface area contributed by atoms with E-state index in [2.05, 4.69) is 5.32 Å². The minimum atomic E-state index is -3.50. The van der Waals surface area contributed by atoms with Gasteiger partial charge < -0.3 is 5.32 Å². The van der Waals surface area contributed by atoms with Gasteiger partial charge in [0.1, 0.15) is 0 Å². The van der Waals surface area contributed by atoms with Crippen molar-refractivity contribution in [2.45, 2.75) is 30.8 Å². The molecule has 1 aromatic rings. The number of piperazine rings is 1. The van der Waals surface area contributed by atoms with Crippen LogP contribution in [0.25, 0.3) is 0 Å². The Balaban J connectivity index is 2.38. The molecule has 0 radical (unpaired) electrons. The standard InChI is InChI=1S/C13H17N3O2S/c1-10-8-15-9-11(2)16(10)19(17,18)13-5-3-12(7-14)4-6-13/h3-6,10-11,15H,8-9H2,1-2H3. The molecule has 6 heteroatoms. The molecule has 1 aromatic carbocycles. The number of nitrogens with one attached hydrogen (secondary N) is 1. The quantitative estimate of drug-likeness (QED) is 0.874. The lowest BCUT2D eigenvalue weighted by Crippen LogP contribution is -2.57. The highest BCUT2D eigenvalue weighted by Gasteiger charge is 2.35. The summed E-state index contributed by atoms with van der Waals surface area (Å²) in [4.78, 5) is 0.243. The maximum absolute atomic E-state index is 12.6. The average Bonchev–Trinajstić information content (AvgIpc) is 2.38. The van der Waals surface area contributed by atoms with Crippen molar-refractivity contribution in [3.05, 3.63) is 29.8 Å². The second-order valence-corrected chi connectivity index (χ2v) is 6.67. The summed E-state index contributed by atoms with van der Waals surface area (Å²) in [5.41, 5.74) is 0.459. The molecule has 102 valence electrons. The van der Waals surface area contributed by atoms with E-state index in [0.717, 1.165) is 0 Å². The zero-order chi connectivity index (χ0) is 14.0. The number of rotatable bonds is 2. The van der Waals surface area contributed by atoms with E-state index in [-0.39, 0.29) is 17.0 Å². The van der Waals surface area contributed by atoms with Crippen LogP contribution in [0, 0.1) is 11.3 Å². The number of nitrogens with zero attached hydrogens (tertiary/aromatic N) is 2. The van der Waals surface area contributed by atoms with Gasteiger partial charge >= 0.3 is 0 Å². The molecule has 1 fully saturated rings. The predicted molar refractivity (Wildman–Crippen MR) is 72.0 cm³/mol. The summed E-state index contributed by atoms with van der Waals surface area (Å²) in [7, 11) is -3.50. The summed E-state index contributed by atoms with van der Waals surface area (Å²) in [6.07, 6.45) is 0. The molecule has 0 saturated carbocycles. The van der Waals surface area contributed by atoms with Gasteiger partial charge in [0.25, 0.3) is 0 Å². The first kappa shape index (κ1) is 14.0. The molecule has 0 bridgehead atoms. The lowest BCUT2D eigenvalue weighted by molar-refractivity contribution is 0.220. The maximum atomic E-state index is 12.6. The molecule has 1 saturated heterocycles. The van der Waals surface area contributed by atoms with Gasteiger partial charge in [-0.2, -0.15) is 9.57 Å². The third kappa shape index (κ3) is 2.63. The van der Waals surface area contributed by atoms with Crippen LogP contribution in [0.5, 0.6) is 0 Å². The van der Waals surface area contributed by atoms with Gasteiger partial charge in [0.2, 0.25) is 10.0 Å². The van der Waals surface area contributed by atoms with Crippen molar-refractivity contribution in [3.63, 3.8) is 0 Å². The molecule has 1 N–H and O–H groups in total. The van der Waals surface area contributed by atoms with Crippen LogP contribution in [0.4, 0.5) is 0 Å². The Morgan fingerprint density at radius 1 is 1.21 bits per heavy atom. The van der Waals surface area contributed by atoms with Gasteiger partial charge in [-0.1, -0.05) is 0 Å². The molecule has 2 rings (SSSR count). The Morgan fingerprint density at radius 2 is 1.74 bits per heavy atom. The highest BCUT2D eigenvalue weighted by Crippen LogP contribution is 2.22. The van der Waals surface area contributed by atoms with E-state index >= 15 is 0 Å². The summed E-state index contributed by atoms with van der Waals surface area (Å²) in [5, 5.41) is 12.0. The zero-order valence-electron chi connectivity index (χ0n) is 11.0. The molecule has 2 unspecified atom stereocenters. The van der Waals surface area contributed by atoms with E-state index in [4.69, 9.17) is 5.26 Å². The molecule has 0 aromatic heterocycles. The minimum absolute atomic E-state index is 0.0793. The van der Waals surface area contributed by atoms with Crippen LogP contribution in [0.2, 0.25) is 0 Å². The molecular formula is C13H17N3O2S. The van der Waals surface area contributed by atoms with Crippen LogP contribution >= 0.6 is 0 Å². The molecule has 1 aliphatic rings. The third-order valence-electron chi connectivity index (χ3n) is 3.31. The van der Waals surface area contributed by atoms with Crippen molar-refractivity contribution in [2.24, 2.45) is 0 Å². The number of benzene rings is 1. The van der Waals surface area contributed by atoms with E-state index < -0.39 is 10.0 Å². The fourth-order valence-corrected chi connectivity index (χ4v) is 4.23. The van der Waals surface area contributed by atoms with Gasteiger partial charge in [-0.3, -0.25) is 0 Å². The predicted octanol–water partition coefficient (Wildman–Crippen LogP) is 0.929. The van der Waals surface area contributed by atoms with E-state index in [9.17, 15) is 8.42 Å². The van der Waals surface area contributed by atoms with Crippen LogP contribution < -0.4 is 5.32 Å². The van der Waals surface area contributed by atoms with Crippen LogP contribution in [0.3, 0.4) is 0 Å². The normalized spacial score (nSPS) is 24.9. The smallest absolute Gasteiger partial charge is 0.243 e. The van der Waals surface area contributed by atoms with Gasteiger partial charge in [0, 0.05) is 25.2 Å². The number of nitriles is 1.